The molecule has 2 aromatic carbocycles. The highest BCUT2D eigenvalue weighted by Gasteiger charge is 2.37. The van der Waals surface area contributed by atoms with Gasteiger partial charge in [-0.05, 0) is 116 Å². The summed E-state index contributed by atoms with van der Waals surface area (Å²) in [5.74, 6) is 1.20. The van der Waals surface area contributed by atoms with Crippen LogP contribution in [-0.4, -0.2) is 41.9 Å². The summed E-state index contributed by atoms with van der Waals surface area (Å²) in [6, 6.07) is 16.9. The summed E-state index contributed by atoms with van der Waals surface area (Å²) < 4.78 is 6.25. The number of benzene rings is 2. The first-order valence-electron chi connectivity index (χ1n) is 14.9. The molecule has 1 aromatic heterocycles. The largest absolute Gasteiger partial charge is 0.456 e. The van der Waals surface area contributed by atoms with Crippen LogP contribution in [0.4, 0.5) is 0 Å². The molecule has 40 heavy (non-hydrogen) atoms. The van der Waals surface area contributed by atoms with Gasteiger partial charge < -0.3 is 14.2 Å². The van der Waals surface area contributed by atoms with E-state index in [9.17, 15) is 4.79 Å². The Labute approximate surface area is 245 Å². The van der Waals surface area contributed by atoms with E-state index >= 15 is 0 Å². The van der Waals surface area contributed by atoms with E-state index in [2.05, 4.69) is 58.7 Å². The molecule has 1 amide bonds. The minimum absolute atomic E-state index is 0.0492. The normalized spacial score (nSPS) is 19.9. The standard InChI is InChI=1S/C35H45ClN2O2/c1-24-20-30-31(35(4,5)17-16-34(30,2)3)22-26(24)21-29-13-14-32(40-29)33(39)38(19-15-28-8-7-18-37(28)6)23-25-9-11-27(36)12-10-25/h9-14,20,22,28H,7-8,15-19,21,23H2,1-6H3. The van der Waals surface area contributed by atoms with Crippen molar-refractivity contribution >= 4 is 17.5 Å². The third-order valence-corrected chi connectivity index (χ3v) is 9.78. The van der Waals surface area contributed by atoms with E-state index in [1.54, 1.807) is 0 Å². The lowest BCUT2D eigenvalue weighted by Crippen LogP contribution is -2.35. The van der Waals surface area contributed by atoms with Gasteiger partial charge in [-0.1, -0.05) is 63.6 Å². The summed E-state index contributed by atoms with van der Waals surface area (Å²) in [6.07, 6.45) is 6.47. The molecule has 1 fully saturated rings. The van der Waals surface area contributed by atoms with Crippen LogP contribution >= 0.6 is 11.6 Å². The lowest BCUT2D eigenvalue weighted by Gasteiger charge is -2.42. The monoisotopic (exact) mass is 560 g/mol. The Hall–Kier alpha value is -2.56. The summed E-state index contributed by atoms with van der Waals surface area (Å²) >= 11 is 6.12. The fourth-order valence-electron chi connectivity index (χ4n) is 6.60. The molecule has 1 unspecified atom stereocenters. The second kappa shape index (κ2) is 11.4. The van der Waals surface area contributed by atoms with Gasteiger partial charge in [0.05, 0.1) is 0 Å². The van der Waals surface area contributed by atoms with Gasteiger partial charge in [-0.25, -0.2) is 0 Å². The van der Waals surface area contributed by atoms with Crippen LogP contribution < -0.4 is 0 Å². The number of nitrogens with zero attached hydrogens (tertiary/aromatic N) is 2. The number of likely N-dealkylation sites (tertiary alicyclic amines) is 1. The molecule has 1 saturated heterocycles. The van der Waals surface area contributed by atoms with Crippen LogP contribution in [0.1, 0.15) is 104 Å². The van der Waals surface area contributed by atoms with E-state index in [4.69, 9.17) is 16.0 Å². The molecule has 4 nitrogen and oxygen atoms in total. The summed E-state index contributed by atoms with van der Waals surface area (Å²) in [5.41, 5.74) is 6.93. The molecule has 214 valence electrons. The molecule has 5 rings (SSSR count). The maximum Gasteiger partial charge on any atom is 0.289 e. The first kappa shape index (κ1) is 29.0. The molecule has 0 saturated carbocycles. The smallest absolute Gasteiger partial charge is 0.289 e. The number of carbonyl (C=O) groups is 1. The van der Waals surface area contributed by atoms with E-state index in [1.165, 1.54) is 47.9 Å². The fraction of sp³-hybridized carbons (Fsp3) is 0.514. The van der Waals surface area contributed by atoms with Crippen molar-refractivity contribution in [1.29, 1.82) is 0 Å². The number of carbonyl (C=O) groups excluding carboxylic acids is 1. The van der Waals surface area contributed by atoms with Gasteiger partial charge in [0, 0.05) is 30.6 Å². The number of hydrogen-bond donors (Lipinski definition) is 0. The first-order chi connectivity index (χ1) is 18.9. The molecular formula is C35H45ClN2O2. The number of rotatable bonds is 8. The Morgan fingerprint density at radius 3 is 2.35 bits per heavy atom. The highest BCUT2D eigenvalue weighted by Crippen LogP contribution is 2.46. The van der Waals surface area contributed by atoms with Crippen molar-refractivity contribution in [3.8, 4) is 0 Å². The average molecular weight is 561 g/mol. The summed E-state index contributed by atoms with van der Waals surface area (Å²) in [6.45, 7) is 14.0. The lowest BCUT2D eigenvalue weighted by molar-refractivity contribution is 0.0695. The predicted octanol–water partition coefficient (Wildman–Crippen LogP) is 8.31. The molecule has 0 bridgehead atoms. The van der Waals surface area contributed by atoms with Crippen LogP contribution in [0.5, 0.6) is 0 Å². The fourth-order valence-corrected chi connectivity index (χ4v) is 6.73. The van der Waals surface area contributed by atoms with Crippen molar-refractivity contribution in [3.05, 3.63) is 92.9 Å². The minimum atomic E-state index is -0.0492. The van der Waals surface area contributed by atoms with Crippen molar-refractivity contribution in [3.63, 3.8) is 0 Å². The zero-order valence-electron chi connectivity index (χ0n) is 25.1. The Morgan fingerprint density at radius 1 is 1.02 bits per heavy atom. The molecule has 5 heteroatoms. The summed E-state index contributed by atoms with van der Waals surface area (Å²) in [7, 11) is 2.19. The summed E-state index contributed by atoms with van der Waals surface area (Å²) in [4.78, 5) is 18.1. The Morgan fingerprint density at radius 2 is 1.70 bits per heavy atom. The molecule has 3 aromatic rings. The molecule has 1 aliphatic carbocycles. The van der Waals surface area contributed by atoms with Crippen molar-refractivity contribution in [2.75, 3.05) is 20.1 Å². The Balaban J connectivity index is 1.35. The van der Waals surface area contributed by atoms with Crippen molar-refractivity contribution in [2.24, 2.45) is 0 Å². The molecule has 0 spiro atoms. The first-order valence-corrected chi connectivity index (χ1v) is 15.3. The van der Waals surface area contributed by atoms with Gasteiger partial charge in [0.25, 0.3) is 5.91 Å². The lowest BCUT2D eigenvalue weighted by atomic mass is 9.62. The minimum Gasteiger partial charge on any atom is -0.456 e. The number of furan rings is 1. The highest BCUT2D eigenvalue weighted by molar-refractivity contribution is 6.30. The van der Waals surface area contributed by atoms with Gasteiger partial charge in [0.1, 0.15) is 5.76 Å². The van der Waals surface area contributed by atoms with E-state index in [-0.39, 0.29) is 16.7 Å². The van der Waals surface area contributed by atoms with Crippen LogP contribution in [0.15, 0.2) is 52.9 Å². The molecular weight excluding hydrogens is 516 g/mol. The van der Waals surface area contributed by atoms with Gasteiger partial charge >= 0.3 is 0 Å². The number of aryl methyl sites for hydroxylation is 1. The second-order valence-electron chi connectivity index (χ2n) is 13.5. The topological polar surface area (TPSA) is 36.7 Å². The SMILES string of the molecule is Cc1cc2c(cc1Cc1ccc(C(=O)N(CCC3CCCN3C)Cc3ccc(Cl)cc3)o1)C(C)(C)CCC2(C)C. The molecule has 1 aliphatic heterocycles. The van der Waals surface area contributed by atoms with Crippen LogP contribution in [0, 0.1) is 6.92 Å². The molecule has 2 heterocycles. The van der Waals surface area contributed by atoms with Crippen molar-refractivity contribution < 1.29 is 9.21 Å². The predicted molar refractivity (Wildman–Crippen MR) is 164 cm³/mol. The number of amides is 1. The number of hydrogen-bond acceptors (Lipinski definition) is 3. The van der Waals surface area contributed by atoms with Gasteiger partial charge in [0.15, 0.2) is 5.76 Å². The maximum absolute atomic E-state index is 13.8. The Bertz CT molecular complexity index is 1350. The second-order valence-corrected chi connectivity index (χ2v) is 13.9. The van der Waals surface area contributed by atoms with E-state index in [1.807, 2.05) is 41.3 Å². The quantitative estimate of drug-likeness (QED) is 0.278. The van der Waals surface area contributed by atoms with Gasteiger partial charge in [-0.3, -0.25) is 4.79 Å². The van der Waals surface area contributed by atoms with Crippen LogP contribution in [-0.2, 0) is 23.8 Å². The van der Waals surface area contributed by atoms with E-state index in [0.29, 0.717) is 36.3 Å². The van der Waals surface area contributed by atoms with Crippen LogP contribution in [0.25, 0.3) is 0 Å². The van der Waals surface area contributed by atoms with Crippen molar-refractivity contribution in [1.82, 2.24) is 9.80 Å². The average Bonchev–Trinajstić information content (AvgIpc) is 3.55. The van der Waals surface area contributed by atoms with E-state index < -0.39 is 0 Å². The third-order valence-electron chi connectivity index (χ3n) is 9.52. The van der Waals surface area contributed by atoms with Crippen molar-refractivity contribution in [2.45, 2.75) is 96.6 Å². The highest BCUT2D eigenvalue weighted by atomic mass is 35.5. The molecule has 1 atom stereocenters. The van der Waals surface area contributed by atoms with Gasteiger partial charge in [0.2, 0.25) is 0 Å². The van der Waals surface area contributed by atoms with Gasteiger partial charge in [-0.2, -0.15) is 0 Å². The molecule has 0 radical (unpaired) electrons. The maximum atomic E-state index is 13.8. The summed E-state index contributed by atoms with van der Waals surface area (Å²) in [5, 5.41) is 0.703. The van der Waals surface area contributed by atoms with Crippen LogP contribution in [0.3, 0.4) is 0 Å². The third kappa shape index (κ3) is 6.19. The molecule has 0 N–H and O–H groups in total. The van der Waals surface area contributed by atoms with E-state index in [0.717, 1.165) is 24.3 Å². The zero-order chi connectivity index (χ0) is 28.7. The number of halogens is 1. The zero-order valence-corrected chi connectivity index (χ0v) is 25.9. The Kier molecular flexibility index (Phi) is 8.23. The van der Waals surface area contributed by atoms with Gasteiger partial charge in [-0.15, -0.1) is 0 Å². The number of fused-ring (bicyclic) bond motifs is 1. The van der Waals surface area contributed by atoms with Crippen LogP contribution in [0.2, 0.25) is 5.02 Å². The molecule has 2 aliphatic rings.